The number of anilines is 1. The Hall–Kier alpha value is -3.52. The molecule has 0 spiro atoms. The Balaban J connectivity index is 1.79. The molecular weight excluding hydrogens is 384 g/mol. The molecule has 8 nitrogen and oxygen atoms in total. The summed E-state index contributed by atoms with van der Waals surface area (Å²) in [7, 11) is 0. The van der Waals surface area contributed by atoms with Crippen molar-refractivity contribution in [1.82, 2.24) is 9.80 Å². The molecule has 2 amide bonds. The summed E-state index contributed by atoms with van der Waals surface area (Å²) in [5.41, 5.74) is 0.977. The van der Waals surface area contributed by atoms with E-state index in [-0.39, 0.29) is 11.4 Å². The number of nitro groups is 1. The van der Waals surface area contributed by atoms with Crippen LogP contribution in [0.15, 0.2) is 54.7 Å². The topological polar surface area (TPSA) is 87.0 Å². The van der Waals surface area contributed by atoms with Crippen LogP contribution in [-0.4, -0.2) is 59.3 Å². The second kappa shape index (κ2) is 8.08. The van der Waals surface area contributed by atoms with Crippen LogP contribution in [-0.2, 0) is 4.79 Å². The second-order valence-electron chi connectivity index (χ2n) is 7.25. The van der Waals surface area contributed by atoms with Gasteiger partial charge in [0.15, 0.2) is 0 Å². The van der Waals surface area contributed by atoms with E-state index in [0.29, 0.717) is 16.7 Å². The van der Waals surface area contributed by atoms with Crippen LogP contribution in [0.2, 0.25) is 0 Å². The van der Waals surface area contributed by atoms with Crippen molar-refractivity contribution < 1.29 is 14.5 Å². The van der Waals surface area contributed by atoms with E-state index in [1.165, 1.54) is 18.2 Å². The van der Waals surface area contributed by atoms with Gasteiger partial charge in [-0.25, -0.2) is 4.90 Å². The first-order valence-corrected chi connectivity index (χ1v) is 9.91. The number of carbonyl (C=O) groups excluding carboxylic acids is 2. The van der Waals surface area contributed by atoms with E-state index in [9.17, 15) is 19.7 Å². The Kier molecular flexibility index (Phi) is 5.33. The zero-order valence-corrected chi connectivity index (χ0v) is 16.7. The van der Waals surface area contributed by atoms with Crippen molar-refractivity contribution in [1.29, 1.82) is 0 Å². The number of fused-ring (bicyclic) bond motifs is 1. The van der Waals surface area contributed by atoms with Gasteiger partial charge in [0.25, 0.3) is 17.5 Å². The standard InChI is InChI=1S/C22H22N4O4/c1-2-23-11-13-24(14-12-23)15-18-16-7-3-4-8-17(16)21(27)25(22(18)28)19-9-5-6-10-20(19)26(29)30/h3-10,15H,2,11-14H2,1H3. The minimum Gasteiger partial charge on any atom is -0.374 e. The number of carbonyl (C=O) groups is 2. The molecule has 0 saturated carbocycles. The van der Waals surface area contributed by atoms with E-state index in [4.69, 9.17) is 0 Å². The molecule has 2 aromatic carbocycles. The van der Waals surface area contributed by atoms with Gasteiger partial charge in [0.05, 0.1) is 10.5 Å². The fourth-order valence-electron chi connectivity index (χ4n) is 3.90. The smallest absolute Gasteiger partial charge is 0.293 e. The summed E-state index contributed by atoms with van der Waals surface area (Å²) in [5.74, 6) is -1.11. The molecule has 2 heterocycles. The first kappa shape index (κ1) is 19.8. The van der Waals surface area contributed by atoms with Crippen LogP contribution in [0.4, 0.5) is 11.4 Å². The Labute approximate surface area is 174 Å². The first-order chi connectivity index (χ1) is 14.5. The molecule has 0 N–H and O–H groups in total. The Bertz CT molecular complexity index is 1040. The van der Waals surface area contributed by atoms with Crippen LogP contribution in [0.3, 0.4) is 0 Å². The molecule has 0 bridgehead atoms. The maximum absolute atomic E-state index is 13.4. The highest BCUT2D eigenvalue weighted by molar-refractivity contribution is 6.41. The van der Waals surface area contributed by atoms with Gasteiger partial charge in [0.1, 0.15) is 5.69 Å². The zero-order valence-electron chi connectivity index (χ0n) is 16.7. The fourth-order valence-corrected chi connectivity index (χ4v) is 3.90. The van der Waals surface area contributed by atoms with Crippen molar-refractivity contribution in [3.8, 4) is 0 Å². The number of nitro benzene ring substituents is 1. The summed E-state index contributed by atoms with van der Waals surface area (Å²) in [6.07, 6.45) is 1.79. The van der Waals surface area contributed by atoms with E-state index in [0.717, 1.165) is 37.6 Å². The van der Waals surface area contributed by atoms with E-state index in [1.807, 2.05) is 0 Å². The third-order valence-corrected chi connectivity index (χ3v) is 5.57. The maximum atomic E-state index is 13.4. The highest BCUT2D eigenvalue weighted by atomic mass is 16.6. The number of hydrogen-bond donors (Lipinski definition) is 0. The number of nitrogens with zero attached hydrogens (tertiary/aromatic N) is 4. The van der Waals surface area contributed by atoms with Crippen molar-refractivity contribution in [2.75, 3.05) is 37.6 Å². The van der Waals surface area contributed by atoms with Crippen LogP contribution < -0.4 is 4.90 Å². The minimum atomic E-state index is -0.580. The molecule has 2 aliphatic rings. The third kappa shape index (κ3) is 3.46. The largest absolute Gasteiger partial charge is 0.374 e. The zero-order chi connectivity index (χ0) is 21.3. The van der Waals surface area contributed by atoms with Crippen LogP contribution >= 0.6 is 0 Å². The normalized spacial score (nSPS) is 18.6. The highest BCUT2D eigenvalue weighted by Gasteiger charge is 2.39. The Morgan fingerprint density at radius 3 is 2.23 bits per heavy atom. The lowest BCUT2D eigenvalue weighted by atomic mass is 9.93. The van der Waals surface area contributed by atoms with E-state index in [1.54, 1.807) is 36.5 Å². The molecule has 0 unspecified atom stereocenters. The van der Waals surface area contributed by atoms with Crippen LogP contribution in [0.5, 0.6) is 0 Å². The molecular formula is C22H22N4O4. The number of likely N-dealkylation sites (N-methyl/N-ethyl adjacent to an activating group) is 1. The molecule has 1 fully saturated rings. The second-order valence-corrected chi connectivity index (χ2v) is 7.25. The van der Waals surface area contributed by atoms with Gasteiger partial charge in [-0.1, -0.05) is 37.3 Å². The van der Waals surface area contributed by atoms with Gasteiger partial charge in [0.2, 0.25) is 0 Å². The summed E-state index contributed by atoms with van der Waals surface area (Å²) in [5, 5.41) is 11.5. The van der Waals surface area contributed by atoms with E-state index < -0.39 is 16.7 Å². The van der Waals surface area contributed by atoms with Gasteiger partial charge >= 0.3 is 0 Å². The average Bonchev–Trinajstić information content (AvgIpc) is 2.77. The molecule has 8 heteroatoms. The number of rotatable bonds is 4. The summed E-state index contributed by atoms with van der Waals surface area (Å²) in [6.45, 7) is 6.42. The monoisotopic (exact) mass is 406 g/mol. The molecule has 154 valence electrons. The quantitative estimate of drug-likeness (QED) is 0.336. The number of benzene rings is 2. The Morgan fingerprint density at radius 2 is 1.57 bits per heavy atom. The number of piperazine rings is 1. The fraction of sp³-hybridized carbons (Fsp3) is 0.273. The lowest BCUT2D eigenvalue weighted by Gasteiger charge is -2.35. The van der Waals surface area contributed by atoms with Crippen molar-refractivity contribution in [2.45, 2.75) is 6.92 Å². The van der Waals surface area contributed by atoms with Crippen LogP contribution in [0.25, 0.3) is 5.57 Å². The summed E-state index contributed by atoms with van der Waals surface area (Å²) in [6, 6.07) is 12.7. The Morgan fingerprint density at radius 1 is 0.933 bits per heavy atom. The summed E-state index contributed by atoms with van der Waals surface area (Å²) in [4.78, 5) is 42.9. The number of hydrogen-bond acceptors (Lipinski definition) is 6. The van der Waals surface area contributed by atoms with Gasteiger partial charge < -0.3 is 9.80 Å². The SMILES string of the molecule is CCN1CCN(C=C2C(=O)N(c3ccccc3[N+](=O)[O-])C(=O)c3ccccc32)CC1. The van der Waals surface area contributed by atoms with Crippen LogP contribution in [0, 0.1) is 10.1 Å². The van der Waals surface area contributed by atoms with Crippen molar-refractivity contribution in [3.05, 3.63) is 76.0 Å². The third-order valence-electron chi connectivity index (χ3n) is 5.57. The molecule has 0 radical (unpaired) electrons. The summed E-state index contributed by atoms with van der Waals surface area (Å²) >= 11 is 0. The van der Waals surface area contributed by atoms with Gasteiger partial charge in [-0.2, -0.15) is 0 Å². The molecule has 1 saturated heterocycles. The molecule has 2 aliphatic heterocycles. The molecule has 0 aliphatic carbocycles. The van der Waals surface area contributed by atoms with Gasteiger partial charge in [-0.05, 0) is 18.7 Å². The molecule has 0 atom stereocenters. The van der Waals surface area contributed by atoms with Gasteiger partial charge in [-0.15, -0.1) is 0 Å². The predicted molar refractivity (Wildman–Crippen MR) is 113 cm³/mol. The maximum Gasteiger partial charge on any atom is 0.293 e. The van der Waals surface area contributed by atoms with Crippen molar-refractivity contribution >= 4 is 28.8 Å². The summed E-state index contributed by atoms with van der Waals surface area (Å²) < 4.78 is 0. The molecule has 30 heavy (non-hydrogen) atoms. The lowest BCUT2D eigenvalue weighted by molar-refractivity contribution is -0.384. The lowest BCUT2D eigenvalue weighted by Crippen LogP contribution is -2.45. The number of para-hydroxylation sites is 2. The number of amides is 2. The van der Waals surface area contributed by atoms with Crippen molar-refractivity contribution in [3.63, 3.8) is 0 Å². The molecule has 0 aromatic heterocycles. The van der Waals surface area contributed by atoms with E-state index in [2.05, 4.69) is 16.7 Å². The predicted octanol–water partition coefficient (Wildman–Crippen LogP) is 2.76. The van der Waals surface area contributed by atoms with Gasteiger partial charge in [-0.3, -0.25) is 19.7 Å². The first-order valence-electron chi connectivity index (χ1n) is 9.91. The van der Waals surface area contributed by atoms with Crippen LogP contribution in [0.1, 0.15) is 22.8 Å². The minimum absolute atomic E-state index is 0.0197. The molecule has 4 rings (SSSR count). The number of imide groups is 1. The highest BCUT2D eigenvalue weighted by Crippen LogP contribution is 2.36. The average molecular weight is 406 g/mol. The van der Waals surface area contributed by atoms with E-state index >= 15 is 0 Å². The molecule has 2 aromatic rings. The van der Waals surface area contributed by atoms with Crippen molar-refractivity contribution in [2.24, 2.45) is 0 Å². The van der Waals surface area contributed by atoms with Gasteiger partial charge in [0, 0.05) is 49.6 Å².